The van der Waals surface area contributed by atoms with Crippen LogP contribution in [0, 0.1) is 0 Å². The van der Waals surface area contributed by atoms with Crippen molar-refractivity contribution in [2.45, 2.75) is 77.7 Å². The minimum atomic E-state index is -0.0680. The van der Waals surface area contributed by atoms with Crippen LogP contribution in [-0.4, -0.2) is 12.1 Å². The minimum absolute atomic E-state index is 0.0680. The summed E-state index contributed by atoms with van der Waals surface area (Å²) in [6.07, 6.45) is 12.5. The van der Waals surface area contributed by atoms with E-state index in [1.165, 1.54) is 32.1 Å². The molecule has 0 amide bonds. The third kappa shape index (κ3) is 5.38. The second kappa shape index (κ2) is 8.32. The molecule has 1 atom stereocenters. The first-order valence-electron chi connectivity index (χ1n) is 7.18. The number of carbonyl (C=O) groups excluding carboxylic acids is 1. The van der Waals surface area contributed by atoms with Gasteiger partial charge in [-0.3, -0.25) is 0 Å². The Labute approximate surface area is 105 Å². The number of esters is 1. The summed E-state index contributed by atoms with van der Waals surface area (Å²) in [6, 6.07) is 0. The summed E-state index contributed by atoms with van der Waals surface area (Å²) in [5.74, 6) is -0.0680. The van der Waals surface area contributed by atoms with Gasteiger partial charge in [-0.05, 0) is 19.3 Å². The zero-order valence-electron chi connectivity index (χ0n) is 11.3. The van der Waals surface area contributed by atoms with Crippen LogP contribution in [0.4, 0.5) is 0 Å². The van der Waals surface area contributed by atoms with E-state index < -0.39 is 0 Å². The maximum absolute atomic E-state index is 11.6. The average molecular weight is 238 g/mol. The number of carbonyl (C=O) groups is 1. The summed E-state index contributed by atoms with van der Waals surface area (Å²) >= 11 is 0. The molecule has 1 heterocycles. The van der Waals surface area contributed by atoms with Crippen LogP contribution in [-0.2, 0) is 9.53 Å². The van der Waals surface area contributed by atoms with E-state index in [1.54, 1.807) is 0 Å². The molecule has 1 aliphatic heterocycles. The number of allylic oxidation sites excluding steroid dienone is 1. The molecule has 0 radical (unpaired) electrons. The fourth-order valence-electron chi connectivity index (χ4n) is 2.20. The molecular weight excluding hydrogens is 212 g/mol. The van der Waals surface area contributed by atoms with Gasteiger partial charge in [0.15, 0.2) is 0 Å². The van der Waals surface area contributed by atoms with Gasteiger partial charge in [0.1, 0.15) is 6.10 Å². The molecule has 0 bridgehead atoms. The van der Waals surface area contributed by atoms with Crippen LogP contribution in [0.25, 0.3) is 0 Å². The van der Waals surface area contributed by atoms with Crippen molar-refractivity contribution in [2.24, 2.45) is 0 Å². The first-order chi connectivity index (χ1) is 8.27. The lowest BCUT2D eigenvalue weighted by Crippen LogP contribution is -2.06. The second-order valence-electron chi connectivity index (χ2n) is 4.95. The van der Waals surface area contributed by atoms with Gasteiger partial charge < -0.3 is 4.74 Å². The van der Waals surface area contributed by atoms with Crippen LogP contribution < -0.4 is 0 Å². The van der Waals surface area contributed by atoms with Crippen molar-refractivity contribution in [3.05, 3.63) is 11.6 Å². The molecule has 0 saturated carbocycles. The van der Waals surface area contributed by atoms with Crippen molar-refractivity contribution in [1.29, 1.82) is 0 Å². The highest BCUT2D eigenvalue weighted by atomic mass is 16.5. The number of unbranched alkanes of at least 4 members (excludes halogenated alkanes) is 5. The Kier molecular flexibility index (Phi) is 6.99. The highest BCUT2D eigenvalue weighted by Gasteiger charge is 2.27. The van der Waals surface area contributed by atoms with Gasteiger partial charge in [-0.2, -0.15) is 0 Å². The molecule has 0 aromatic rings. The van der Waals surface area contributed by atoms with Crippen LogP contribution in [0.5, 0.6) is 0 Å². The molecule has 0 spiro atoms. The van der Waals surface area contributed by atoms with E-state index in [-0.39, 0.29) is 12.1 Å². The Hall–Kier alpha value is -0.790. The van der Waals surface area contributed by atoms with Crippen molar-refractivity contribution in [1.82, 2.24) is 0 Å². The minimum Gasteiger partial charge on any atom is -0.459 e. The van der Waals surface area contributed by atoms with E-state index >= 15 is 0 Å². The Morgan fingerprint density at radius 2 is 1.94 bits per heavy atom. The molecule has 1 fully saturated rings. The number of cyclic esters (lactones) is 1. The van der Waals surface area contributed by atoms with Crippen molar-refractivity contribution >= 4 is 5.97 Å². The zero-order valence-corrected chi connectivity index (χ0v) is 11.3. The number of rotatable bonds is 8. The van der Waals surface area contributed by atoms with E-state index in [9.17, 15) is 4.79 Å². The third-order valence-corrected chi connectivity index (χ3v) is 3.31. The maximum atomic E-state index is 11.6. The lowest BCUT2D eigenvalue weighted by molar-refractivity contribution is -0.139. The normalized spacial score (nSPS) is 22.1. The summed E-state index contributed by atoms with van der Waals surface area (Å²) in [4.78, 5) is 11.6. The Morgan fingerprint density at radius 3 is 2.65 bits per heavy atom. The van der Waals surface area contributed by atoms with Gasteiger partial charge in [-0.15, -0.1) is 0 Å². The number of hydrogen-bond acceptors (Lipinski definition) is 2. The summed E-state index contributed by atoms with van der Waals surface area (Å²) < 4.78 is 5.38. The number of ether oxygens (including phenoxy) is 1. The number of hydrogen-bond donors (Lipinski definition) is 0. The predicted molar refractivity (Wildman–Crippen MR) is 70.9 cm³/mol. The smallest absolute Gasteiger partial charge is 0.334 e. The molecule has 0 aromatic heterocycles. The summed E-state index contributed by atoms with van der Waals surface area (Å²) in [5.41, 5.74) is 0.916. The van der Waals surface area contributed by atoms with Crippen LogP contribution in [0.3, 0.4) is 0 Å². The summed E-state index contributed by atoms with van der Waals surface area (Å²) in [7, 11) is 0. The van der Waals surface area contributed by atoms with Gasteiger partial charge in [-0.25, -0.2) is 4.79 Å². The molecule has 1 aliphatic rings. The highest BCUT2D eigenvalue weighted by molar-refractivity contribution is 5.90. The fraction of sp³-hybridized carbons (Fsp3) is 0.800. The molecule has 17 heavy (non-hydrogen) atoms. The SMILES string of the molecule is CCCCC=C1CC(CCCCCC)OC1=O. The first kappa shape index (κ1) is 14.3. The summed E-state index contributed by atoms with van der Waals surface area (Å²) in [6.45, 7) is 4.38. The quantitative estimate of drug-likeness (QED) is 0.356. The molecule has 0 N–H and O–H groups in total. The molecular formula is C15H26O2. The molecule has 2 nitrogen and oxygen atoms in total. The van der Waals surface area contributed by atoms with Gasteiger partial charge in [-0.1, -0.05) is 52.0 Å². The Balaban J connectivity index is 2.23. The fourth-order valence-corrected chi connectivity index (χ4v) is 2.20. The first-order valence-corrected chi connectivity index (χ1v) is 7.18. The van der Waals surface area contributed by atoms with Gasteiger partial charge in [0.2, 0.25) is 0 Å². The molecule has 1 unspecified atom stereocenters. The van der Waals surface area contributed by atoms with Crippen molar-refractivity contribution in [2.75, 3.05) is 0 Å². The van der Waals surface area contributed by atoms with Gasteiger partial charge in [0, 0.05) is 12.0 Å². The van der Waals surface area contributed by atoms with Crippen LogP contribution in [0.2, 0.25) is 0 Å². The van der Waals surface area contributed by atoms with Crippen molar-refractivity contribution in [3.8, 4) is 0 Å². The second-order valence-corrected chi connectivity index (χ2v) is 4.95. The molecule has 0 aliphatic carbocycles. The molecule has 0 aromatic carbocycles. The topological polar surface area (TPSA) is 26.3 Å². The Morgan fingerprint density at radius 1 is 1.18 bits per heavy atom. The molecule has 98 valence electrons. The maximum Gasteiger partial charge on any atom is 0.334 e. The lowest BCUT2D eigenvalue weighted by Gasteiger charge is -2.07. The monoisotopic (exact) mass is 238 g/mol. The van der Waals surface area contributed by atoms with Crippen molar-refractivity contribution < 1.29 is 9.53 Å². The predicted octanol–water partition coefficient (Wildman–Crippen LogP) is 4.39. The molecule has 1 saturated heterocycles. The molecule has 1 rings (SSSR count). The van der Waals surface area contributed by atoms with Gasteiger partial charge >= 0.3 is 5.97 Å². The van der Waals surface area contributed by atoms with E-state index in [4.69, 9.17) is 4.74 Å². The largest absolute Gasteiger partial charge is 0.459 e. The van der Waals surface area contributed by atoms with E-state index in [0.717, 1.165) is 31.3 Å². The lowest BCUT2D eigenvalue weighted by atomic mass is 10.0. The highest BCUT2D eigenvalue weighted by Crippen LogP contribution is 2.25. The van der Waals surface area contributed by atoms with Gasteiger partial charge in [0.05, 0.1) is 0 Å². The van der Waals surface area contributed by atoms with Crippen LogP contribution in [0.1, 0.15) is 71.6 Å². The van der Waals surface area contributed by atoms with Gasteiger partial charge in [0.25, 0.3) is 0 Å². The average Bonchev–Trinajstić information content (AvgIpc) is 2.66. The van der Waals surface area contributed by atoms with Crippen molar-refractivity contribution in [3.63, 3.8) is 0 Å². The standard InChI is InChI=1S/C15H26O2/c1-3-5-7-9-11-14-12-13(15(16)17-14)10-8-6-4-2/h10,14H,3-9,11-12H2,1-2H3. The third-order valence-electron chi connectivity index (χ3n) is 3.31. The van der Waals surface area contributed by atoms with E-state index in [1.807, 2.05) is 0 Å². The van der Waals surface area contributed by atoms with Crippen LogP contribution >= 0.6 is 0 Å². The van der Waals surface area contributed by atoms with Crippen LogP contribution in [0.15, 0.2) is 11.6 Å². The molecule has 2 heteroatoms. The van der Waals surface area contributed by atoms with E-state index in [0.29, 0.717) is 0 Å². The summed E-state index contributed by atoms with van der Waals surface area (Å²) in [5, 5.41) is 0. The zero-order chi connectivity index (χ0) is 12.5. The van der Waals surface area contributed by atoms with E-state index in [2.05, 4.69) is 19.9 Å². The Bertz CT molecular complexity index is 256.